The Morgan fingerprint density at radius 2 is 1.95 bits per heavy atom. The number of benzene rings is 1. The van der Waals surface area contributed by atoms with Crippen LogP contribution in [0.1, 0.15) is 25.8 Å². The first kappa shape index (κ1) is 15.0. The number of carbonyl (C=O) groups excluding carboxylic acids is 1. The quantitative estimate of drug-likeness (QED) is 0.739. The molecule has 0 heterocycles. The highest BCUT2D eigenvalue weighted by molar-refractivity contribution is 5.75. The molecule has 1 atom stereocenters. The van der Waals surface area contributed by atoms with Gasteiger partial charge in [-0.25, -0.2) is 0 Å². The standard InChI is InChI=1S/C15H19NO3/c1-11(2)8-13(9-16)15(17)19-10-12-4-6-14(18-3)7-5-12/h4-7,11,13H,8,10H2,1-3H3. The molecule has 1 rings (SSSR count). The molecule has 0 spiro atoms. The summed E-state index contributed by atoms with van der Waals surface area (Å²) in [4.78, 5) is 11.7. The summed E-state index contributed by atoms with van der Waals surface area (Å²) in [7, 11) is 1.60. The van der Waals surface area contributed by atoms with E-state index in [9.17, 15) is 4.79 Å². The molecule has 102 valence electrons. The van der Waals surface area contributed by atoms with Gasteiger partial charge >= 0.3 is 5.97 Å². The molecule has 0 aliphatic rings. The summed E-state index contributed by atoms with van der Waals surface area (Å²) in [6.07, 6.45) is 0.526. The van der Waals surface area contributed by atoms with Gasteiger partial charge in [0.05, 0.1) is 13.2 Å². The number of carbonyl (C=O) groups is 1. The predicted molar refractivity (Wildman–Crippen MR) is 71.3 cm³/mol. The largest absolute Gasteiger partial charge is 0.497 e. The van der Waals surface area contributed by atoms with E-state index in [0.717, 1.165) is 11.3 Å². The fourth-order valence-electron chi connectivity index (χ4n) is 1.65. The number of hydrogen-bond acceptors (Lipinski definition) is 4. The number of methoxy groups -OCH3 is 1. The zero-order valence-electron chi connectivity index (χ0n) is 11.6. The van der Waals surface area contributed by atoms with E-state index in [2.05, 4.69) is 0 Å². The van der Waals surface area contributed by atoms with Crippen molar-refractivity contribution in [3.8, 4) is 11.8 Å². The Hall–Kier alpha value is -2.02. The number of esters is 1. The van der Waals surface area contributed by atoms with Crippen LogP contribution in [0, 0.1) is 23.2 Å². The van der Waals surface area contributed by atoms with E-state index in [1.807, 2.05) is 32.0 Å². The molecule has 0 amide bonds. The van der Waals surface area contributed by atoms with Crippen LogP contribution in [-0.2, 0) is 16.1 Å². The summed E-state index contributed by atoms with van der Waals surface area (Å²) >= 11 is 0. The van der Waals surface area contributed by atoms with Crippen molar-refractivity contribution in [1.29, 1.82) is 5.26 Å². The smallest absolute Gasteiger partial charge is 0.323 e. The maximum Gasteiger partial charge on any atom is 0.323 e. The van der Waals surface area contributed by atoms with Crippen molar-refractivity contribution in [3.05, 3.63) is 29.8 Å². The Morgan fingerprint density at radius 3 is 2.42 bits per heavy atom. The lowest BCUT2D eigenvalue weighted by Gasteiger charge is -2.11. The molecule has 0 N–H and O–H groups in total. The zero-order valence-corrected chi connectivity index (χ0v) is 11.6. The Kier molecular flexibility index (Phi) is 5.87. The molecule has 0 aliphatic carbocycles. The third kappa shape index (κ3) is 5.01. The molecule has 19 heavy (non-hydrogen) atoms. The second kappa shape index (κ2) is 7.42. The van der Waals surface area contributed by atoms with Gasteiger partial charge in [0.1, 0.15) is 18.3 Å². The van der Waals surface area contributed by atoms with Crippen molar-refractivity contribution in [1.82, 2.24) is 0 Å². The molecule has 1 aromatic rings. The Balaban J connectivity index is 2.50. The van der Waals surface area contributed by atoms with Crippen LogP contribution in [-0.4, -0.2) is 13.1 Å². The lowest BCUT2D eigenvalue weighted by molar-refractivity contribution is -0.148. The third-order valence-corrected chi connectivity index (χ3v) is 2.69. The number of nitrogens with zero attached hydrogens (tertiary/aromatic N) is 1. The van der Waals surface area contributed by atoms with Crippen molar-refractivity contribution in [3.63, 3.8) is 0 Å². The second-order valence-corrected chi connectivity index (χ2v) is 4.77. The van der Waals surface area contributed by atoms with E-state index >= 15 is 0 Å². The first-order chi connectivity index (χ1) is 9.06. The van der Waals surface area contributed by atoms with Crippen molar-refractivity contribution in [2.24, 2.45) is 11.8 Å². The lowest BCUT2D eigenvalue weighted by atomic mass is 9.99. The van der Waals surface area contributed by atoms with Crippen LogP contribution in [0.15, 0.2) is 24.3 Å². The van der Waals surface area contributed by atoms with Crippen LogP contribution in [0.5, 0.6) is 5.75 Å². The molecule has 1 unspecified atom stereocenters. The van der Waals surface area contributed by atoms with E-state index < -0.39 is 11.9 Å². The van der Waals surface area contributed by atoms with E-state index in [-0.39, 0.29) is 12.5 Å². The second-order valence-electron chi connectivity index (χ2n) is 4.77. The molecule has 4 heteroatoms. The number of nitriles is 1. The van der Waals surface area contributed by atoms with E-state index in [1.54, 1.807) is 19.2 Å². The SMILES string of the molecule is COc1ccc(COC(=O)C(C#N)CC(C)C)cc1. The van der Waals surface area contributed by atoms with Gasteiger partial charge in [0, 0.05) is 0 Å². The van der Waals surface area contributed by atoms with Gasteiger partial charge in [0.25, 0.3) is 0 Å². The Labute approximate surface area is 113 Å². The van der Waals surface area contributed by atoms with Gasteiger partial charge in [0.15, 0.2) is 0 Å². The minimum absolute atomic E-state index is 0.180. The third-order valence-electron chi connectivity index (χ3n) is 2.69. The normalized spacial score (nSPS) is 11.7. The van der Waals surface area contributed by atoms with Crippen molar-refractivity contribution < 1.29 is 14.3 Å². The summed E-state index contributed by atoms with van der Waals surface area (Å²) in [6, 6.07) is 9.26. The van der Waals surface area contributed by atoms with Crippen molar-refractivity contribution in [2.45, 2.75) is 26.9 Å². The summed E-state index contributed by atoms with van der Waals surface area (Å²) in [6.45, 7) is 4.13. The van der Waals surface area contributed by atoms with E-state index in [0.29, 0.717) is 6.42 Å². The number of rotatable bonds is 6. The Morgan fingerprint density at radius 1 is 1.32 bits per heavy atom. The maximum absolute atomic E-state index is 11.7. The van der Waals surface area contributed by atoms with Gasteiger partial charge < -0.3 is 9.47 Å². The molecule has 0 radical (unpaired) electrons. The summed E-state index contributed by atoms with van der Waals surface area (Å²) in [5, 5.41) is 8.94. The van der Waals surface area contributed by atoms with E-state index in [1.165, 1.54) is 0 Å². The van der Waals surface area contributed by atoms with E-state index in [4.69, 9.17) is 14.7 Å². The average molecular weight is 261 g/mol. The molecule has 0 saturated carbocycles. The number of hydrogen-bond donors (Lipinski definition) is 0. The molecular weight excluding hydrogens is 242 g/mol. The van der Waals surface area contributed by atoms with Crippen LogP contribution < -0.4 is 4.74 Å². The summed E-state index contributed by atoms with van der Waals surface area (Å²) in [5.41, 5.74) is 0.871. The molecule has 0 bridgehead atoms. The first-order valence-electron chi connectivity index (χ1n) is 6.26. The van der Waals surface area contributed by atoms with Gasteiger partial charge in [-0.3, -0.25) is 4.79 Å². The molecule has 0 fully saturated rings. The highest BCUT2D eigenvalue weighted by atomic mass is 16.5. The molecule has 0 aromatic heterocycles. The Bertz CT molecular complexity index is 445. The number of ether oxygens (including phenoxy) is 2. The first-order valence-corrected chi connectivity index (χ1v) is 6.26. The molecule has 1 aromatic carbocycles. The minimum atomic E-state index is -0.682. The summed E-state index contributed by atoms with van der Waals surface area (Å²) < 4.78 is 10.2. The van der Waals surface area contributed by atoms with Gasteiger partial charge in [-0.1, -0.05) is 26.0 Å². The van der Waals surface area contributed by atoms with Crippen molar-refractivity contribution >= 4 is 5.97 Å². The summed E-state index contributed by atoms with van der Waals surface area (Å²) in [5.74, 6) is -0.0896. The molecule has 0 aliphatic heterocycles. The van der Waals surface area contributed by atoms with Gasteiger partial charge in [0.2, 0.25) is 0 Å². The lowest BCUT2D eigenvalue weighted by Crippen LogP contribution is -2.18. The van der Waals surface area contributed by atoms with Gasteiger partial charge in [-0.2, -0.15) is 5.26 Å². The van der Waals surface area contributed by atoms with Crippen LogP contribution in [0.2, 0.25) is 0 Å². The predicted octanol–water partition coefficient (Wildman–Crippen LogP) is 2.92. The minimum Gasteiger partial charge on any atom is -0.497 e. The van der Waals surface area contributed by atoms with Crippen LogP contribution in [0.3, 0.4) is 0 Å². The highest BCUT2D eigenvalue weighted by Gasteiger charge is 2.20. The fraction of sp³-hybridized carbons (Fsp3) is 0.467. The average Bonchev–Trinajstić information content (AvgIpc) is 2.42. The van der Waals surface area contributed by atoms with Crippen LogP contribution in [0.4, 0.5) is 0 Å². The van der Waals surface area contributed by atoms with Gasteiger partial charge in [-0.05, 0) is 30.0 Å². The van der Waals surface area contributed by atoms with Crippen LogP contribution >= 0.6 is 0 Å². The molecule has 0 saturated heterocycles. The molecule has 4 nitrogen and oxygen atoms in total. The maximum atomic E-state index is 11.7. The highest BCUT2D eigenvalue weighted by Crippen LogP contribution is 2.15. The van der Waals surface area contributed by atoms with Crippen LogP contribution in [0.25, 0.3) is 0 Å². The molecular formula is C15H19NO3. The van der Waals surface area contributed by atoms with Crippen molar-refractivity contribution in [2.75, 3.05) is 7.11 Å². The zero-order chi connectivity index (χ0) is 14.3. The fourth-order valence-corrected chi connectivity index (χ4v) is 1.65. The topological polar surface area (TPSA) is 59.3 Å². The monoisotopic (exact) mass is 261 g/mol. The van der Waals surface area contributed by atoms with Gasteiger partial charge in [-0.15, -0.1) is 0 Å².